The molecule has 120 valence electrons. The summed E-state index contributed by atoms with van der Waals surface area (Å²) in [6.07, 6.45) is 1.50. The van der Waals surface area contributed by atoms with Crippen molar-refractivity contribution in [3.05, 3.63) is 64.3 Å². The predicted molar refractivity (Wildman–Crippen MR) is 94.8 cm³/mol. The lowest BCUT2D eigenvalue weighted by molar-refractivity contribution is 0.101. The van der Waals surface area contributed by atoms with E-state index in [9.17, 15) is 9.59 Å². The Balaban J connectivity index is 1.94. The standard InChI is InChI=1S/C17H12ClN3O2S/c1-10(22)14-13(11-6-3-2-4-7-11)20-17(24-14)21-16(23)12-8-5-9-19-15(12)18/h2-9H,1H3,(H,20,21,23). The minimum absolute atomic E-state index is 0.105. The van der Waals surface area contributed by atoms with Gasteiger partial charge in [0.15, 0.2) is 10.9 Å². The number of Topliss-reactive ketones (excluding diaryl/α,β-unsaturated/α-hetero) is 1. The number of hydrogen-bond donors (Lipinski definition) is 1. The van der Waals surface area contributed by atoms with E-state index in [0.717, 1.165) is 16.9 Å². The zero-order valence-electron chi connectivity index (χ0n) is 12.6. The maximum Gasteiger partial charge on any atom is 0.260 e. The molecule has 0 unspecified atom stereocenters. The van der Waals surface area contributed by atoms with Crippen molar-refractivity contribution in [2.75, 3.05) is 5.32 Å². The van der Waals surface area contributed by atoms with Crippen LogP contribution in [0.2, 0.25) is 5.15 Å². The summed E-state index contributed by atoms with van der Waals surface area (Å²) in [6, 6.07) is 12.5. The summed E-state index contributed by atoms with van der Waals surface area (Å²) in [6.45, 7) is 1.48. The molecule has 0 aliphatic heterocycles. The second kappa shape index (κ2) is 6.90. The molecule has 5 nitrogen and oxygen atoms in total. The summed E-state index contributed by atoms with van der Waals surface area (Å²) >= 11 is 7.06. The first-order chi connectivity index (χ1) is 11.6. The average molecular weight is 358 g/mol. The van der Waals surface area contributed by atoms with Gasteiger partial charge in [0, 0.05) is 18.7 Å². The molecule has 1 amide bonds. The van der Waals surface area contributed by atoms with Gasteiger partial charge in [0.05, 0.1) is 16.1 Å². The minimum Gasteiger partial charge on any atom is -0.298 e. The molecule has 1 N–H and O–H groups in total. The monoisotopic (exact) mass is 357 g/mol. The third-order valence-electron chi connectivity index (χ3n) is 3.22. The van der Waals surface area contributed by atoms with Crippen LogP contribution in [0, 0.1) is 0 Å². The van der Waals surface area contributed by atoms with E-state index < -0.39 is 5.91 Å². The van der Waals surface area contributed by atoms with Gasteiger partial charge < -0.3 is 0 Å². The van der Waals surface area contributed by atoms with Gasteiger partial charge in [-0.05, 0) is 12.1 Å². The molecule has 0 fully saturated rings. The number of anilines is 1. The van der Waals surface area contributed by atoms with E-state index in [1.165, 1.54) is 13.1 Å². The molecule has 0 atom stereocenters. The average Bonchev–Trinajstić information content (AvgIpc) is 3.00. The first-order valence-corrected chi connectivity index (χ1v) is 8.24. The Morgan fingerprint density at radius 2 is 1.88 bits per heavy atom. The summed E-state index contributed by atoms with van der Waals surface area (Å²) in [5.41, 5.74) is 1.62. The van der Waals surface area contributed by atoms with E-state index in [1.807, 2.05) is 30.3 Å². The van der Waals surface area contributed by atoms with Crippen molar-refractivity contribution in [1.29, 1.82) is 0 Å². The van der Waals surface area contributed by atoms with Crippen molar-refractivity contribution in [3.63, 3.8) is 0 Å². The highest BCUT2D eigenvalue weighted by atomic mass is 35.5. The highest BCUT2D eigenvalue weighted by molar-refractivity contribution is 7.18. The molecular formula is C17H12ClN3O2S. The molecule has 3 aromatic rings. The molecule has 0 aliphatic rings. The summed E-state index contributed by atoms with van der Waals surface area (Å²) in [5, 5.41) is 3.13. The van der Waals surface area contributed by atoms with Crippen LogP contribution in [0.1, 0.15) is 27.0 Å². The summed E-state index contributed by atoms with van der Waals surface area (Å²) in [7, 11) is 0. The molecule has 0 radical (unpaired) electrons. The minimum atomic E-state index is -0.420. The number of aromatic nitrogens is 2. The van der Waals surface area contributed by atoms with E-state index in [-0.39, 0.29) is 16.5 Å². The van der Waals surface area contributed by atoms with Crippen molar-refractivity contribution in [3.8, 4) is 11.3 Å². The van der Waals surface area contributed by atoms with Gasteiger partial charge in [-0.15, -0.1) is 0 Å². The number of benzene rings is 1. The number of carbonyl (C=O) groups excluding carboxylic acids is 2. The number of pyridine rings is 1. The number of amides is 1. The molecule has 0 saturated heterocycles. The maximum atomic E-state index is 12.3. The van der Waals surface area contributed by atoms with E-state index >= 15 is 0 Å². The fourth-order valence-electron chi connectivity index (χ4n) is 2.12. The third kappa shape index (κ3) is 3.34. The van der Waals surface area contributed by atoms with Crippen molar-refractivity contribution < 1.29 is 9.59 Å². The Hall–Kier alpha value is -2.57. The van der Waals surface area contributed by atoms with Crippen LogP contribution in [0.15, 0.2) is 48.7 Å². The highest BCUT2D eigenvalue weighted by Crippen LogP contribution is 2.31. The van der Waals surface area contributed by atoms with Crippen LogP contribution in [-0.4, -0.2) is 21.7 Å². The van der Waals surface area contributed by atoms with Crippen molar-refractivity contribution in [2.45, 2.75) is 6.92 Å². The molecular weight excluding hydrogens is 346 g/mol. The van der Waals surface area contributed by atoms with Crippen LogP contribution in [0.25, 0.3) is 11.3 Å². The normalized spacial score (nSPS) is 10.4. The van der Waals surface area contributed by atoms with Crippen LogP contribution in [0.4, 0.5) is 5.13 Å². The number of hydrogen-bond acceptors (Lipinski definition) is 5. The van der Waals surface area contributed by atoms with Gasteiger partial charge in [-0.2, -0.15) is 0 Å². The lowest BCUT2D eigenvalue weighted by Crippen LogP contribution is -2.12. The van der Waals surface area contributed by atoms with Gasteiger partial charge in [0.2, 0.25) is 0 Å². The van der Waals surface area contributed by atoms with Crippen LogP contribution in [0.5, 0.6) is 0 Å². The number of rotatable bonds is 4. The maximum absolute atomic E-state index is 12.3. The smallest absolute Gasteiger partial charge is 0.260 e. The lowest BCUT2D eigenvalue weighted by Gasteiger charge is -2.02. The van der Waals surface area contributed by atoms with Crippen LogP contribution in [0.3, 0.4) is 0 Å². The van der Waals surface area contributed by atoms with E-state index in [0.29, 0.717) is 15.7 Å². The van der Waals surface area contributed by atoms with Gasteiger partial charge in [-0.25, -0.2) is 9.97 Å². The molecule has 0 aliphatic carbocycles. The molecule has 3 rings (SSSR count). The summed E-state index contributed by atoms with van der Waals surface area (Å²) in [4.78, 5) is 33.0. The first-order valence-electron chi connectivity index (χ1n) is 7.05. The van der Waals surface area contributed by atoms with E-state index in [1.54, 1.807) is 12.1 Å². The lowest BCUT2D eigenvalue weighted by atomic mass is 10.1. The van der Waals surface area contributed by atoms with Crippen molar-refractivity contribution in [1.82, 2.24) is 9.97 Å². The predicted octanol–water partition coefficient (Wildman–Crippen LogP) is 4.31. The first kappa shape index (κ1) is 16.3. The van der Waals surface area contributed by atoms with Gasteiger partial charge in [-0.3, -0.25) is 14.9 Å². The largest absolute Gasteiger partial charge is 0.298 e. The van der Waals surface area contributed by atoms with Gasteiger partial charge in [0.25, 0.3) is 5.91 Å². The van der Waals surface area contributed by atoms with Crippen LogP contribution < -0.4 is 5.32 Å². The molecule has 0 spiro atoms. The van der Waals surface area contributed by atoms with Crippen molar-refractivity contribution in [2.24, 2.45) is 0 Å². The quantitative estimate of drug-likeness (QED) is 0.557. The fraction of sp³-hybridized carbons (Fsp3) is 0.0588. The van der Waals surface area contributed by atoms with Crippen LogP contribution >= 0.6 is 22.9 Å². The van der Waals surface area contributed by atoms with Gasteiger partial charge in [-0.1, -0.05) is 53.3 Å². The fourth-order valence-corrected chi connectivity index (χ4v) is 3.21. The van der Waals surface area contributed by atoms with Crippen LogP contribution in [-0.2, 0) is 0 Å². The highest BCUT2D eigenvalue weighted by Gasteiger charge is 2.19. The zero-order valence-corrected chi connectivity index (χ0v) is 14.2. The van der Waals surface area contributed by atoms with Gasteiger partial charge in [0.1, 0.15) is 5.15 Å². The Morgan fingerprint density at radius 1 is 1.12 bits per heavy atom. The molecule has 0 bridgehead atoms. The second-order valence-electron chi connectivity index (χ2n) is 4.91. The third-order valence-corrected chi connectivity index (χ3v) is 4.59. The molecule has 1 aromatic carbocycles. The Kier molecular flexibility index (Phi) is 4.69. The Morgan fingerprint density at radius 3 is 2.54 bits per heavy atom. The number of nitrogens with zero attached hydrogens (tertiary/aromatic N) is 2. The topological polar surface area (TPSA) is 72.0 Å². The number of thiazole rings is 1. The number of nitrogens with one attached hydrogen (secondary N) is 1. The SMILES string of the molecule is CC(=O)c1sc(NC(=O)c2cccnc2Cl)nc1-c1ccccc1. The van der Waals surface area contributed by atoms with Crippen molar-refractivity contribution >= 4 is 39.8 Å². The number of ketones is 1. The van der Waals surface area contributed by atoms with E-state index in [2.05, 4.69) is 15.3 Å². The molecule has 7 heteroatoms. The number of halogens is 1. The second-order valence-corrected chi connectivity index (χ2v) is 6.27. The van der Waals surface area contributed by atoms with Gasteiger partial charge >= 0.3 is 0 Å². The summed E-state index contributed by atoms with van der Waals surface area (Å²) < 4.78 is 0. The number of carbonyl (C=O) groups is 2. The molecule has 2 heterocycles. The Labute approximate surface area is 147 Å². The molecule has 24 heavy (non-hydrogen) atoms. The van der Waals surface area contributed by atoms with E-state index in [4.69, 9.17) is 11.6 Å². The summed E-state index contributed by atoms with van der Waals surface area (Å²) in [5.74, 6) is -0.525. The zero-order chi connectivity index (χ0) is 17.1. The Bertz CT molecular complexity index is 909. The molecule has 0 saturated carbocycles. The molecule has 2 aromatic heterocycles.